The first kappa shape index (κ1) is 11.9. The number of likely N-dealkylation sites (tertiary alicyclic amines) is 1. The van der Waals surface area contributed by atoms with E-state index in [1.54, 1.807) is 0 Å². The fraction of sp³-hybridized carbons (Fsp3) is 0.750. The Labute approximate surface area is 102 Å². The number of nitrogens with zero attached hydrogens (tertiary/aromatic N) is 2. The van der Waals surface area contributed by atoms with Crippen molar-refractivity contribution in [1.82, 2.24) is 14.5 Å². The monoisotopic (exact) mass is 239 g/mol. The van der Waals surface area contributed by atoms with Crippen molar-refractivity contribution in [3.8, 4) is 0 Å². The van der Waals surface area contributed by atoms with Crippen LogP contribution in [0.25, 0.3) is 0 Å². The number of nitrogens with one attached hydrogen (secondary N) is 1. The average molecular weight is 239 g/mol. The van der Waals surface area contributed by atoms with Crippen LogP contribution in [0.2, 0.25) is 0 Å². The van der Waals surface area contributed by atoms with Crippen molar-refractivity contribution in [2.24, 2.45) is 5.92 Å². The highest BCUT2D eigenvalue weighted by molar-refractivity contribution is 7.71. The van der Waals surface area contributed by atoms with E-state index in [-0.39, 0.29) is 0 Å². The molecule has 2 rings (SSSR count). The number of aryl methyl sites for hydroxylation is 1. The lowest BCUT2D eigenvalue weighted by atomic mass is 9.94. The lowest BCUT2D eigenvalue weighted by Crippen LogP contribution is -2.30. The molecule has 1 aliphatic heterocycles. The average Bonchev–Trinajstić information content (AvgIpc) is 2.59. The molecule has 0 spiro atoms. The molecule has 1 aromatic heterocycles. The van der Waals surface area contributed by atoms with Gasteiger partial charge in [-0.3, -0.25) is 0 Å². The Morgan fingerprint density at radius 2 is 2.12 bits per heavy atom. The zero-order chi connectivity index (χ0) is 11.5. The molecule has 90 valence electrons. The van der Waals surface area contributed by atoms with Gasteiger partial charge in [-0.2, -0.15) is 0 Å². The molecule has 3 nitrogen and oxygen atoms in total. The molecular weight excluding hydrogens is 218 g/mol. The maximum atomic E-state index is 5.26. The molecular formula is C12H21N3S. The Hall–Kier alpha value is -0.610. The van der Waals surface area contributed by atoms with Gasteiger partial charge in [-0.05, 0) is 64.5 Å². The Morgan fingerprint density at radius 3 is 2.69 bits per heavy atom. The van der Waals surface area contributed by atoms with Gasteiger partial charge in [0.25, 0.3) is 0 Å². The quantitative estimate of drug-likeness (QED) is 0.820. The van der Waals surface area contributed by atoms with Crippen LogP contribution in [0.15, 0.2) is 6.20 Å². The van der Waals surface area contributed by atoms with Gasteiger partial charge < -0.3 is 14.5 Å². The number of rotatable bonds is 3. The van der Waals surface area contributed by atoms with E-state index in [0.29, 0.717) is 0 Å². The summed E-state index contributed by atoms with van der Waals surface area (Å²) >= 11 is 5.26. The van der Waals surface area contributed by atoms with Gasteiger partial charge in [0.05, 0.1) is 0 Å². The number of aromatic nitrogens is 2. The third-order valence-electron chi connectivity index (χ3n) is 3.67. The maximum Gasteiger partial charge on any atom is 0.177 e. The number of aromatic amines is 1. The topological polar surface area (TPSA) is 24.0 Å². The van der Waals surface area contributed by atoms with Gasteiger partial charge in [-0.15, -0.1) is 0 Å². The van der Waals surface area contributed by atoms with Crippen LogP contribution in [0.1, 0.15) is 25.0 Å². The Balaban J connectivity index is 1.86. The summed E-state index contributed by atoms with van der Waals surface area (Å²) in [5.41, 5.74) is 1.25. The Morgan fingerprint density at radius 1 is 1.44 bits per heavy atom. The van der Waals surface area contributed by atoms with Crippen LogP contribution in [0.3, 0.4) is 0 Å². The Kier molecular flexibility index (Phi) is 3.82. The maximum absolute atomic E-state index is 5.26. The summed E-state index contributed by atoms with van der Waals surface area (Å²) in [4.78, 5) is 5.52. The van der Waals surface area contributed by atoms with Crippen molar-refractivity contribution >= 4 is 12.2 Å². The molecule has 0 saturated carbocycles. The Bertz CT molecular complexity index is 385. The van der Waals surface area contributed by atoms with Crippen molar-refractivity contribution in [3.63, 3.8) is 0 Å². The second-order valence-electron chi connectivity index (χ2n) is 4.92. The van der Waals surface area contributed by atoms with Crippen molar-refractivity contribution in [2.75, 3.05) is 20.1 Å². The minimum atomic E-state index is 0.866. The number of hydrogen-bond donors (Lipinski definition) is 1. The predicted molar refractivity (Wildman–Crippen MR) is 69.2 cm³/mol. The van der Waals surface area contributed by atoms with Crippen LogP contribution in [-0.2, 0) is 6.54 Å². The minimum Gasteiger partial charge on any atom is -0.337 e. The lowest BCUT2D eigenvalue weighted by molar-refractivity contribution is 0.207. The van der Waals surface area contributed by atoms with Gasteiger partial charge in [-0.25, -0.2) is 0 Å². The SMILES string of the molecule is Cc1c[nH]c(=S)n1CCC1CCN(C)CC1. The largest absolute Gasteiger partial charge is 0.337 e. The fourth-order valence-electron chi connectivity index (χ4n) is 2.42. The van der Waals surface area contributed by atoms with Crippen molar-refractivity contribution in [1.29, 1.82) is 0 Å². The summed E-state index contributed by atoms with van der Waals surface area (Å²) in [6.07, 6.45) is 5.94. The second-order valence-corrected chi connectivity index (χ2v) is 5.31. The van der Waals surface area contributed by atoms with E-state index in [4.69, 9.17) is 12.2 Å². The first-order valence-electron chi connectivity index (χ1n) is 6.10. The lowest BCUT2D eigenvalue weighted by Gasteiger charge is -2.29. The zero-order valence-electron chi connectivity index (χ0n) is 10.2. The van der Waals surface area contributed by atoms with Crippen LogP contribution in [0, 0.1) is 17.6 Å². The smallest absolute Gasteiger partial charge is 0.177 e. The normalized spacial score (nSPS) is 19.1. The highest BCUT2D eigenvalue weighted by Crippen LogP contribution is 2.20. The van der Waals surface area contributed by atoms with Crippen LogP contribution < -0.4 is 0 Å². The van der Waals surface area contributed by atoms with Crippen molar-refractivity contribution in [3.05, 3.63) is 16.7 Å². The molecule has 4 heteroatoms. The third-order valence-corrected chi connectivity index (χ3v) is 4.01. The van der Waals surface area contributed by atoms with E-state index in [2.05, 4.69) is 28.4 Å². The molecule has 1 aliphatic rings. The predicted octanol–water partition coefficient (Wildman–Crippen LogP) is 2.59. The fourth-order valence-corrected chi connectivity index (χ4v) is 2.72. The van der Waals surface area contributed by atoms with E-state index < -0.39 is 0 Å². The standard InChI is InChI=1S/C12H21N3S/c1-10-9-13-12(16)15(10)8-5-11-3-6-14(2)7-4-11/h9,11H,3-8H2,1-2H3,(H,13,16). The molecule has 1 N–H and O–H groups in total. The number of piperidine rings is 1. The molecule has 0 bridgehead atoms. The first-order chi connectivity index (χ1) is 7.66. The van der Waals surface area contributed by atoms with Crippen LogP contribution in [0.5, 0.6) is 0 Å². The first-order valence-corrected chi connectivity index (χ1v) is 6.51. The van der Waals surface area contributed by atoms with Gasteiger partial charge in [0, 0.05) is 18.4 Å². The second kappa shape index (κ2) is 5.15. The summed E-state index contributed by atoms with van der Waals surface area (Å²) < 4.78 is 3.08. The van der Waals surface area contributed by atoms with E-state index in [0.717, 1.165) is 17.2 Å². The van der Waals surface area contributed by atoms with Gasteiger partial charge in [0.15, 0.2) is 4.77 Å². The van der Waals surface area contributed by atoms with E-state index in [1.807, 2.05) is 6.20 Å². The molecule has 0 radical (unpaired) electrons. The molecule has 1 fully saturated rings. The summed E-state index contributed by atoms with van der Waals surface area (Å²) in [6.45, 7) is 5.69. The van der Waals surface area contributed by atoms with E-state index >= 15 is 0 Å². The van der Waals surface area contributed by atoms with Crippen LogP contribution >= 0.6 is 12.2 Å². The van der Waals surface area contributed by atoms with Gasteiger partial charge in [0.2, 0.25) is 0 Å². The zero-order valence-corrected chi connectivity index (χ0v) is 11.0. The van der Waals surface area contributed by atoms with Crippen molar-refractivity contribution < 1.29 is 0 Å². The van der Waals surface area contributed by atoms with E-state index in [9.17, 15) is 0 Å². The van der Waals surface area contributed by atoms with Gasteiger partial charge in [-0.1, -0.05) is 0 Å². The van der Waals surface area contributed by atoms with Crippen LogP contribution in [0.4, 0.5) is 0 Å². The summed E-state index contributed by atoms with van der Waals surface area (Å²) in [7, 11) is 2.21. The van der Waals surface area contributed by atoms with Gasteiger partial charge >= 0.3 is 0 Å². The van der Waals surface area contributed by atoms with Crippen LogP contribution in [-0.4, -0.2) is 34.6 Å². The van der Waals surface area contributed by atoms with E-state index in [1.165, 1.54) is 38.0 Å². The molecule has 0 unspecified atom stereocenters. The minimum absolute atomic E-state index is 0.866. The molecule has 2 heterocycles. The molecule has 0 amide bonds. The summed E-state index contributed by atoms with van der Waals surface area (Å²) in [6, 6.07) is 0. The molecule has 0 atom stereocenters. The number of hydrogen-bond acceptors (Lipinski definition) is 2. The van der Waals surface area contributed by atoms with Gasteiger partial charge in [0.1, 0.15) is 0 Å². The molecule has 1 saturated heterocycles. The highest BCUT2D eigenvalue weighted by atomic mass is 32.1. The molecule has 16 heavy (non-hydrogen) atoms. The molecule has 1 aromatic rings. The number of H-pyrrole nitrogens is 1. The molecule has 0 aromatic carbocycles. The summed E-state index contributed by atoms with van der Waals surface area (Å²) in [5, 5.41) is 0. The van der Waals surface area contributed by atoms with Crippen molar-refractivity contribution in [2.45, 2.75) is 32.7 Å². The molecule has 0 aliphatic carbocycles. The third kappa shape index (κ3) is 2.74. The number of imidazole rings is 1. The summed E-state index contributed by atoms with van der Waals surface area (Å²) in [5.74, 6) is 0.882. The highest BCUT2D eigenvalue weighted by Gasteiger charge is 2.16.